The Morgan fingerprint density at radius 2 is 1.98 bits per heavy atom. The number of fused-ring (bicyclic) bond motifs is 1. The first-order valence-corrected chi connectivity index (χ1v) is 16.6. The molecule has 2 aliphatic rings. The van der Waals surface area contributed by atoms with Crippen LogP contribution in [0.3, 0.4) is 0 Å². The van der Waals surface area contributed by atoms with Gasteiger partial charge in [0, 0.05) is 44.5 Å². The first kappa shape index (κ1) is 35.3. The fourth-order valence-corrected chi connectivity index (χ4v) is 6.75. The normalized spacial score (nSPS) is 20.6. The Balaban J connectivity index is 1.63. The molecule has 10 heteroatoms. The van der Waals surface area contributed by atoms with Crippen LogP contribution in [0.5, 0.6) is 5.75 Å². The molecule has 1 fully saturated rings. The number of nitrogens with zero attached hydrogens (tertiary/aromatic N) is 2. The number of aryl methyl sites for hydroxylation is 1. The molecule has 2 aromatic carbocycles. The number of carbonyl (C=O) groups excluding carboxylic acids is 2. The maximum absolute atomic E-state index is 12.7. The molecule has 1 aliphatic heterocycles. The number of carboxylic acid groups (broad SMARTS) is 1. The fourth-order valence-electron chi connectivity index (χ4n) is 6.56. The Labute approximate surface area is 277 Å². The quantitative estimate of drug-likeness (QED) is 0.193. The lowest BCUT2D eigenvalue weighted by Crippen LogP contribution is -2.44. The first-order chi connectivity index (χ1) is 22.0. The number of rotatable bonds is 14. The van der Waals surface area contributed by atoms with Crippen LogP contribution < -0.4 is 9.64 Å². The van der Waals surface area contributed by atoms with Crippen molar-refractivity contribution >= 4 is 35.1 Å². The minimum Gasteiger partial charge on any atom is -0.491 e. The minimum absolute atomic E-state index is 0.0115. The number of benzene rings is 2. The van der Waals surface area contributed by atoms with Crippen LogP contribution in [0.4, 0.5) is 5.69 Å². The molecule has 46 heavy (non-hydrogen) atoms. The van der Waals surface area contributed by atoms with Gasteiger partial charge in [0.15, 0.2) is 0 Å². The predicted octanol–water partition coefficient (Wildman–Crippen LogP) is 5.82. The average molecular weight is 655 g/mol. The van der Waals surface area contributed by atoms with Crippen LogP contribution in [0.1, 0.15) is 74.5 Å². The van der Waals surface area contributed by atoms with Gasteiger partial charge in [0.05, 0.1) is 37.8 Å². The molecule has 2 aromatic rings. The lowest BCUT2D eigenvalue weighted by Gasteiger charge is -2.42. The number of hydrogen-bond acceptors (Lipinski definition) is 7. The Hall–Kier alpha value is -3.56. The number of carbonyl (C=O) groups is 3. The van der Waals surface area contributed by atoms with E-state index in [1.807, 2.05) is 36.4 Å². The Morgan fingerprint density at radius 1 is 1.20 bits per heavy atom. The van der Waals surface area contributed by atoms with Crippen molar-refractivity contribution < 1.29 is 34.1 Å². The van der Waals surface area contributed by atoms with E-state index in [9.17, 15) is 24.6 Å². The van der Waals surface area contributed by atoms with Crippen LogP contribution in [0.25, 0.3) is 0 Å². The van der Waals surface area contributed by atoms with Gasteiger partial charge in [-0.05, 0) is 78.5 Å². The zero-order valence-electron chi connectivity index (χ0n) is 27.3. The third-order valence-electron chi connectivity index (χ3n) is 9.41. The molecule has 2 N–H and O–H groups in total. The number of aliphatic hydroxyl groups excluding tert-OH is 1. The molecule has 1 saturated carbocycles. The van der Waals surface area contributed by atoms with Gasteiger partial charge in [-0.25, -0.2) is 0 Å². The number of anilines is 1. The van der Waals surface area contributed by atoms with E-state index in [0.29, 0.717) is 49.0 Å². The zero-order valence-corrected chi connectivity index (χ0v) is 28.0. The van der Waals surface area contributed by atoms with Crippen molar-refractivity contribution in [3.8, 4) is 5.75 Å². The summed E-state index contributed by atoms with van der Waals surface area (Å²) in [6.45, 7) is 6.03. The molecule has 1 heterocycles. The smallest absolute Gasteiger partial charge is 0.313 e. The van der Waals surface area contributed by atoms with Crippen molar-refractivity contribution in [2.45, 2.75) is 70.3 Å². The number of aliphatic hydroxyl groups is 1. The minimum atomic E-state index is -1.09. The highest BCUT2D eigenvalue weighted by molar-refractivity contribution is 6.30. The number of amides is 1. The molecule has 0 spiro atoms. The molecule has 4 rings (SSSR count). The van der Waals surface area contributed by atoms with E-state index in [0.717, 1.165) is 31.4 Å². The molecular weight excluding hydrogens is 608 g/mol. The van der Waals surface area contributed by atoms with Gasteiger partial charge in [0.2, 0.25) is 5.91 Å². The summed E-state index contributed by atoms with van der Waals surface area (Å²) in [5, 5.41) is 21.3. The van der Waals surface area contributed by atoms with E-state index in [1.165, 1.54) is 25.2 Å². The summed E-state index contributed by atoms with van der Waals surface area (Å²) in [6, 6.07) is 11.5. The second-order valence-corrected chi connectivity index (χ2v) is 13.0. The van der Waals surface area contributed by atoms with Crippen molar-refractivity contribution in [2.24, 2.45) is 11.8 Å². The van der Waals surface area contributed by atoms with Crippen molar-refractivity contribution in [1.29, 1.82) is 0 Å². The fraction of sp³-hybridized carbons (Fsp3) is 0.528. The van der Waals surface area contributed by atoms with Gasteiger partial charge < -0.3 is 29.5 Å². The number of esters is 1. The van der Waals surface area contributed by atoms with Crippen LogP contribution in [-0.2, 0) is 25.5 Å². The maximum atomic E-state index is 12.7. The summed E-state index contributed by atoms with van der Waals surface area (Å²) < 4.78 is 11.4. The molecular formula is C36H47ClN2O7. The number of aliphatic carboxylic acids is 1. The first-order valence-electron chi connectivity index (χ1n) is 16.2. The summed E-state index contributed by atoms with van der Waals surface area (Å²) in [5.41, 5.74) is 3.74. The van der Waals surface area contributed by atoms with Crippen molar-refractivity contribution in [2.75, 3.05) is 45.3 Å². The zero-order chi connectivity index (χ0) is 33.4. The predicted molar refractivity (Wildman–Crippen MR) is 179 cm³/mol. The second kappa shape index (κ2) is 16.3. The highest BCUT2D eigenvalue weighted by Gasteiger charge is 2.38. The second-order valence-electron chi connectivity index (χ2n) is 12.6. The number of halogens is 1. The van der Waals surface area contributed by atoms with Crippen LogP contribution in [-0.4, -0.2) is 79.5 Å². The van der Waals surface area contributed by atoms with Gasteiger partial charge in [-0.1, -0.05) is 49.2 Å². The summed E-state index contributed by atoms with van der Waals surface area (Å²) >= 11 is 6.39. The molecule has 0 aromatic heterocycles. The van der Waals surface area contributed by atoms with Crippen LogP contribution in [0.2, 0.25) is 5.02 Å². The molecule has 250 valence electrons. The monoisotopic (exact) mass is 654 g/mol. The van der Waals surface area contributed by atoms with Gasteiger partial charge in [-0.3, -0.25) is 14.4 Å². The van der Waals surface area contributed by atoms with E-state index in [2.05, 4.69) is 17.9 Å². The van der Waals surface area contributed by atoms with Crippen molar-refractivity contribution in [1.82, 2.24) is 4.90 Å². The van der Waals surface area contributed by atoms with E-state index >= 15 is 0 Å². The molecule has 1 amide bonds. The standard InChI is InChI=1S/C36H47ClN2O7/c1-5-8-24-17-28(37)12-14-29(24)27-21-39(20-26-10-13-30(26)33(41)9-6-7-16-38(3)23(2)40)32-18-25(11-15-34(32)46-22-27)31(19-35(42)43)36(44)45-4/h6,9,11-12,14-15,17-18,26-27,30-31,33,41H,5,7-8,10,13,16,19-22H2,1-4H3,(H,42,43)/b9-6+. The van der Waals surface area contributed by atoms with Gasteiger partial charge in [-0.15, -0.1) is 0 Å². The lowest BCUT2D eigenvalue weighted by atomic mass is 9.70. The summed E-state index contributed by atoms with van der Waals surface area (Å²) in [5.74, 6) is -1.63. The molecule has 5 atom stereocenters. The summed E-state index contributed by atoms with van der Waals surface area (Å²) in [4.78, 5) is 39.8. The van der Waals surface area contributed by atoms with Crippen LogP contribution in [0, 0.1) is 11.8 Å². The number of carboxylic acids is 1. The SMILES string of the molecule is CCCc1cc(Cl)ccc1C1COc2ccc(C(CC(=O)O)C(=O)OC)cc2N(CC2CCC2C(O)/C=C/CCN(C)C(C)=O)C1. The maximum Gasteiger partial charge on any atom is 0.313 e. The van der Waals surface area contributed by atoms with E-state index < -0.39 is 24.0 Å². The molecule has 0 radical (unpaired) electrons. The molecule has 5 unspecified atom stereocenters. The molecule has 0 saturated heterocycles. The van der Waals surface area contributed by atoms with E-state index in [1.54, 1.807) is 18.0 Å². The van der Waals surface area contributed by atoms with Crippen molar-refractivity contribution in [3.63, 3.8) is 0 Å². The third kappa shape index (κ3) is 8.82. The summed E-state index contributed by atoms with van der Waals surface area (Å²) in [6.07, 6.45) is 7.23. The topological polar surface area (TPSA) is 117 Å². The largest absolute Gasteiger partial charge is 0.491 e. The van der Waals surface area contributed by atoms with E-state index in [4.69, 9.17) is 21.1 Å². The number of hydrogen-bond donors (Lipinski definition) is 2. The number of methoxy groups -OCH3 is 1. The Kier molecular flexibility index (Phi) is 12.5. The lowest BCUT2D eigenvalue weighted by molar-refractivity contribution is -0.147. The highest BCUT2D eigenvalue weighted by atomic mass is 35.5. The van der Waals surface area contributed by atoms with Gasteiger partial charge in [0.25, 0.3) is 0 Å². The van der Waals surface area contributed by atoms with Gasteiger partial charge in [0.1, 0.15) is 5.75 Å². The van der Waals surface area contributed by atoms with Gasteiger partial charge >= 0.3 is 11.9 Å². The Bertz CT molecular complexity index is 1410. The van der Waals surface area contributed by atoms with Gasteiger partial charge in [-0.2, -0.15) is 0 Å². The average Bonchev–Trinajstić information content (AvgIpc) is 3.18. The summed E-state index contributed by atoms with van der Waals surface area (Å²) in [7, 11) is 3.03. The Morgan fingerprint density at radius 3 is 2.63 bits per heavy atom. The molecule has 0 bridgehead atoms. The van der Waals surface area contributed by atoms with E-state index in [-0.39, 0.29) is 30.1 Å². The third-order valence-corrected chi connectivity index (χ3v) is 9.64. The van der Waals surface area contributed by atoms with Crippen LogP contribution in [0.15, 0.2) is 48.6 Å². The molecule has 9 nitrogen and oxygen atoms in total. The number of ether oxygens (including phenoxy) is 2. The van der Waals surface area contributed by atoms with Crippen molar-refractivity contribution in [3.05, 3.63) is 70.3 Å². The molecule has 1 aliphatic carbocycles. The highest BCUT2D eigenvalue weighted by Crippen LogP contribution is 2.43. The van der Waals surface area contributed by atoms with Crippen LogP contribution >= 0.6 is 11.6 Å².